The number of halogens is 1. The molecule has 1 atom stereocenters. The van der Waals surface area contributed by atoms with Crippen LogP contribution in [0.15, 0.2) is 42.5 Å². The quantitative estimate of drug-likeness (QED) is 0.351. The van der Waals surface area contributed by atoms with Gasteiger partial charge in [0.1, 0.15) is 12.4 Å². The Morgan fingerprint density at radius 1 is 1.23 bits per heavy atom. The molecule has 162 valence electrons. The number of nitrogens with zero attached hydrogens (tertiary/aromatic N) is 1. The van der Waals surface area contributed by atoms with Gasteiger partial charge in [0.05, 0.1) is 16.9 Å². The van der Waals surface area contributed by atoms with Crippen molar-refractivity contribution in [2.24, 2.45) is 0 Å². The van der Waals surface area contributed by atoms with Crippen LogP contribution >= 0.6 is 11.6 Å². The minimum Gasteiger partial charge on any atom is -0.492 e. The van der Waals surface area contributed by atoms with Crippen molar-refractivity contribution in [1.82, 2.24) is 15.5 Å². The minimum atomic E-state index is -3.43. The summed E-state index contributed by atoms with van der Waals surface area (Å²) in [6.07, 6.45) is -0.781. The van der Waals surface area contributed by atoms with Crippen LogP contribution in [0.3, 0.4) is 0 Å². The minimum absolute atomic E-state index is 0.304. The second-order valence-electron chi connectivity index (χ2n) is 7.11. The number of aromatic nitrogens is 2. The lowest BCUT2D eigenvalue weighted by Gasteiger charge is -2.15. The Kier molecular flexibility index (Phi) is 7.19. The van der Waals surface area contributed by atoms with Crippen LogP contribution in [0.5, 0.6) is 5.75 Å². The first-order valence-electron chi connectivity index (χ1n) is 9.53. The zero-order valence-corrected chi connectivity index (χ0v) is 18.3. The van der Waals surface area contributed by atoms with Crippen molar-refractivity contribution >= 4 is 38.2 Å². The van der Waals surface area contributed by atoms with Crippen molar-refractivity contribution in [2.45, 2.75) is 25.2 Å². The molecule has 4 N–H and O–H groups in total. The highest BCUT2D eigenvalue weighted by Crippen LogP contribution is 2.24. The highest BCUT2D eigenvalue weighted by Gasteiger charge is 2.16. The van der Waals surface area contributed by atoms with Gasteiger partial charge in [-0.25, -0.2) is 8.42 Å². The van der Waals surface area contributed by atoms with Gasteiger partial charge in [0.15, 0.2) is 5.15 Å². The first-order chi connectivity index (χ1) is 14.3. The predicted molar refractivity (Wildman–Crippen MR) is 119 cm³/mol. The molecule has 0 aliphatic carbocycles. The summed E-state index contributed by atoms with van der Waals surface area (Å²) in [7, 11) is -3.43. The molecule has 30 heavy (non-hydrogen) atoms. The maximum Gasteiger partial charge on any atom is 0.235 e. The van der Waals surface area contributed by atoms with E-state index in [-0.39, 0.29) is 0 Å². The van der Waals surface area contributed by atoms with Gasteiger partial charge in [0, 0.05) is 30.2 Å². The maximum absolute atomic E-state index is 12.0. The Morgan fingerprint density at radius 3 is 2.80 bits per heavy atom. The molecule has 0 bridgehead atoms. The molecule has 1 heterocycles. The van der Waals surface area contributed by atoms with Crippen LogP contribution in [0.1, 0.15) is 25.5 Å². The van der Waals surface area contributed by atoms with Crippen LogP contribution in [0.4, 0.5) is 5.69 Å². The molecule has 2 aromatic carbocycles. The summed E-state index contributed by atoms with van der Waals surface area (Å²) in [5.41, 5.74) is 1.85. The summed E-state index contributed by atoms with van der Waals surface area (Å²) in [6.45, 7) is 4.45. The van der Waals surface area contributed by atoms with Crippen molar-refractivity contribution in [3.05, 3.63) is 53.2 Å². The lowest BCUT2D eigenvalue weighted by molar-refractivity contribution is 0.172. The number of sulfonamides is 1. The van der Waals surface area contributed by atoms with E-state index < -0.39 is 21.4 Å². The average Bonchev–Trinajstić information content (AvgIpc) is 3.07. The van der Waals surface area contributed by atoms with Gasteiger partial charge in [0.25, 0.3) is 0 Å². The standard InChI is InChI=1S/C20H25ClN4O4S/c1-13(2)30(27,28)25-15-5-3-4-14(10-15)19(26)12-22-8-9-29-16-6-7-17-18(11-16)23-24-20(17)21/h3-7,10-11,13,19,22,25-26H,8-9,12H2,1-2H3,(H,23,24)/t19-/m0/s1. The zero-order chi connectivity index (χ0) is 21.7. The van der Waals surface area contributed by atoms with Gasteiger partial charge in [-0.05, 0) is 43.7 Å². The molecule has 0 unspecified atom stereocenters. The smallest absolute Gasteiger partial charge is 0.235 e. The molecule has 1 aromatic heterocycles. The van der Waals surface area contributed by atoms with E-state index >= 15 is 0 Å². The lowest BCUT2D eigenvalue weighted by Crippen LogP contribution is -2.26. The normalized spacial score (nSPS) is 13.0. The highest BCUT2D eigenvalue weighted by molar-refractivity contribution is 7.93. The van der Waals surface area contributed by atoms with E-state index in [4.69, 9.17) is 16.3 Å². The van der Waals surface area contributed by atoms with Gasteiger partial charge < -0.3 is 15.2 Å². The third kappa shape index (κ3) is 5.63. The number of H-pyrrole nitrogens is 1. The van der Waals surface area contributed by atoms with E-state index in [1.54, 1.807) is 38.1 Å². The van der Waals surface area contributed by atoms with Crippen LogP contribution in [0, 0.1) is 0 Å². The number of hydrogen-bond acceptors (Lipinski definition) is 6. The van der Waals surface area contributed by atoms with Crippen LogP contribution in [-0.2, 0) is 10.0 Å². The summed E-state index contributed by atoms with van der Waals surface area (Å²) in [6, 6.07) is 12.2. The molecule has 0 fully saturated rings. The molecule has 3 aromatic rings. The molecule has 0 amide bonds. The van der Waals surface area contributed by atoms with E-state index in [9.17, 15) is 13.5 Å². The number of benzene rings is 2. The molecule has 0 aliphatic rings. The van der Waals surface area contributed by atoms with Gasteiger partial charge in [-0.15, -0.1) is 0 Å². The van der Waals surface area contributed by atoms with Crippen LogP contribution < -0.4 is 14.8 Å². The topological polar surface area (TPSA) is 116 Å². The number of anilines is 1. The van der Waals surface area contributed by atoms with Gasteiger partial charge in [-0.3, -0.25) is 9.82 Å². The Bertz CT molecular complexity index is 1100. The fourth-order valence-corrected chi connectivity index (χ4v) is 3.64. The number of rotatable bonds is 10. The molecule has 10 heteroatoms. The van der Waals surface area contributed by atoms with Crippen molar-refractivity contribution in [2.75, 3.05) is 24.4 Å². The molecular formula is C20H25ClN4O4S. The largest absolute Gasteiger partial charge is 0.492 e. The Labute approximate surface area is 180 Å². The first kappa shape index (κ1) is 22.4. The van der Waals surface area contributed by atoms with Crippen LogP contribution in [0.2, 0.25) is 5.15 Å². The number of nitrogens with one attached hydrogen (secondary N) is 3. The van der Waals surface area contributed by atoms with Crippen LogP contribution in [-0.4, -0.2) is 48.7 Å². The number of hydrogen-bond donors (Lipinski definition) is 4. The summed E-state index contributed by atoms with van der Waals surface area (Å²) in [5, 5.41) is 21.0. The predicted octanol–water partition coefficient (Wildman–Crippen LogP) is 3.07. The van der Waals surface area contributed by atoms with Crippen molar-refractivity contribution < 1.29 is 18.3 Å². The average molecular weight is 453 g/mol. The summed E-state index contributed by atoms with van der Waals surface area (Å²) in [4.78, 5) is 0. The number of aromatic amines is 1. The zero-order valence-electron chi connectivity index (χ0n) is 16.7. The van der Waals surface area contributed by atoms with Gasteiger partial charge in [0.2, 0.25) is 10.0 Å². The van der Waals surface area contributed by atoms with E-state index in [1.807, 2.05) is 18.2 Å². The van der Waals surface area contributed by atoms with E-state index in [2.05, 4.69) is 20.2 Å². The second-order valence-corrected chi connectivity index (χ2v) is 9.71. The highest BCUT2D eigenvalue weighted by atomic mass is 35.5. The SMILES string of the molecule is CC(C)S(=O)(=O)Nc1cccc([C@@H](O)CNCCOc2ccc3c(Cl)n[nH]c3c2)c1. The Hall–Kier alpha value is -2.33. The number of aliphatic hydroxyl groups is 1. The maximum atomic E-state index is 12.0. The third-order valence-corrected chi connectivity index (χ3v) is 6.57. The molecule has 0 radical (unpaired) electrons. The molecule has 0 aliphatic heterocycles. The van der Waals surface area contributed by atoms with Crippen molar-refractivity contribution in [1.29, 1.82) is 0 Å². The monoisotopic (exact) mass is 452 g/mol. The van der Waals surface area contributed by atoms with Crippen LogP contribution in [0.25, 0.3) is 10.9 Å². The summed E-state index contributed by atoms with van der Waals surface area (Å²) >= 11 is 5.96. The van der Waals surface area contributed by atoms with Crippen molar-refractivity contribution in [3.63, 3.8) is 0 Å². The number of ether oxygens (including phenoxy) is 1. The van der Waals surface area contributed by atoms with Gasteiger partial charge in [-0.2, -0.15) is 5.10 Å². The van der Waals surface area contributed by atoms with E-state index in [1.165, 1.54) is 0 Å². The summed E-state index contributed by atoms with van der Waals surface area (Å²) in [5.74, 6) is 0.690. The molecule has 0 saturated carbocycles. The summed E-state index contributed by atoms with van der Waals surface area (Å²) < 4.78 is 32.2. The Morgan fingerprint density at radius 2 is 2.03 bits per heavy atom. The number of aliphatic hydroxyl groups excluding tert-OH is 1. The third-order valence-electron chi connectivity index (χ3n) is 4.53. The second kappa shape index (κ2) is 9.65. The van der Waals surface area contributed by atoms with Gasteiger partial charge in [-0.1, -0.05) is 23.7 Å². The fraction of sp³-hybridized carbons (Fsp3) is 0.350. The fourth-order valence-electron chi connectivity index (χ4n) is 2.74. The molecular weight excluding hydrogens is 428 g/mol. The van der Waals surface area contributed by atoms with Crippen molar-refractivity contribution in [3.8, 4) is 5.75 Å². The molecule has 8 nitrogen and oxygen atoms in total. The van der Waals surface area contributed by atoms with E-state index in [0.29, 0.717) is 41.8 Å². The Balaban J connectivity index is 1.46. The lowest BCUT2D eigenvalue weighted by atomic mass is 10.1. The molecule has 0 saturated heterocycles. The molecule has 0 spiro atoms. The van der Waals surface area contributed by atoms with Gasteiger partial charge >= 0.3 is 0 Å². The van der Waals surface area contributed by atoms with E-state index in [0.717, 1.165) is 10.9 Å². The first-order valence-corrected chi connectivity index (χ1v) is 11.5. The number of fused-ring (bicyclic) bond motifs is 1. The molecule has 3 rings (SSSR count).